The molecule has 3 rings (SSSR count). The van der Waals surface area contributed by atoms with Crippen molar-refractivity contribution in [3.8, 4) is 0 Å². The number of benzene rings is 1. The first-order chi connectivity index (χ1) is 12.6. The van der Waals surface area contributed by atoms with Gasteiger partial charge in [0.1, 0.15) is 4.83 Å². The van der Waals surface area contributed by atoms with Crippen LogP contribution in [0.4, 0.5) is 0 Å². The van der Waals surface area contributed by atoms with Crippen molar-refractivity contribution in [3.05, 3.63) is 64.0 Å². The van der Waals surface area contributed by atoms with E-state index in [1.807, 2.05) is 40.6 Å². The first-order valence-electron chi connectivity index (χ1n) is 8.86. The maximum absolute atomic E-state index is 12.8. The Morgan fingerprint density at radius 1 is 1.27 bits per heavy atom. The SMILES string of the molecule is CCC(C)N(Cc1ccccc1)C(=O)CCn1cnc2sccc2c1=O. The van der Waals surface area contributed by atoms with Crippen LogP contribution < -0.4 is 5.56 Å². The summed E-state index contributed by atoms with van der Waals surface area (Å²) in [5, 5.41) is 2.48. The molecule has 136 valence electrons. The van der Waals surface area contributed by atoms with Crippen molar-refractivity contribution in [3.63, 3.8) is 0 Å². The van der Waals surface area contributed by atoms with E-state index < -0.39 is 0 Å². The van der Waals surface area contributed by atoms with Crippen molar-refractivity contribution in [2.24, 2.45) is 0 Å². The summed E-state index contributed by atoms with van der Waals surface area (Å²) in [6.45, 7) is 5.07. The molecule has 0 spiro atoms. The Balaban J connectivity index is 1.72. The molecule has 0 saturated heterocycles. The average molecular weight is 369 g/mol. The minimum atomic E-state index is -0.0813. The topological polar surface area (TPSA) is 55.2 Å². The van der Waals surface area contributed by atoms with Crippen LogP contribution in [0.5, 0.6) is 0 Å². The lowest BCUT2D eigenvalue weighted by Crippen LogP contribution is -2.38. The number of aromatic nitrogens is 2. The fourth-order valence-corrected chi connectivity index (χ4v) is 3.63. The van der Waals surface area contributed by atoms with Crippen LogP contribution in [0.15, 0.2) is 52.9 Å². The van der Waals surface area contributed by atoms with Gasteiger partial charge < -0.3 is 4.90 Å². The average Bonchev–Trinajstić information content (AvgIpc) is 3.15. The summed E-state index contributed by atoms with van der Waals surface area (Å²) >= 11 is 1.45. The van der Waals surface area contributed by atoms with Gasteiger partial charge in [0.25, 0.3) is 5.56 Å². The largest absolute Gasteiger partial charge is 0.336 e. The van der Waals surface area contributed by atoms with Gasteiger partial charge in [-0.1, -0.05) is 37.3 Å². The van der Waals surface area contributed by atoms with Crippen LogP contribution in [0.25, 0.3) is 10.2 Å². The summed E-state index contributed by atoms with van der Waals surface area (Å²) in [4.78, 5) is 32.2. The van der Waals surface area contributed by atoms with Crippen LogP contribution in [-0.4, -0.2) is 26.4 Å². The molecule has 0 fully saturated rings. The minimum absolute atomic E-state index is 0.0560. The summed E-state index contributed by atoms with van der Waals surface area (Å²) in [6.07, 6.45) is 2.72. The van der Waals surface area contributed by atoms with E-state index in [1.165, 1.54) is 15.9 Å². The fourth-order valence-electron chi connectivity index (χ4n) is 2.90. The molecule has 0 N–H and O–H groups in total. The zero-order chi connectivity index (χ0) is 18.5. The Kier molecular flexibility index (Phi) is 5.83. The molecule has 0 radical (unpaired) electrons. The monoisotopic (exact) mass is 369 g/mol. The molecule has 6 heteroatoms. The molecular formula is C20H23N3O2S. The maximum Gasteiger partial charge on any atom is 0.262 e. The van der Waals surface area contributed by atoms with E-state index >= 15 is 0 Å². The van der Waals surface area contributed by atoms with Crippen LogP contribution in [0, 0.1) is 0 Å². The number of amides is 1. The highest BCUT2D eigenvalue weighted by molar-refractivity contribution is 7.16. The molecule has 1 unspecified atom stereocenters. The van der Waals surface area contributed by atoms with Crippen LogP contribution >= 0.6 is 11.3 Å². The number of nitrogens with zero attached hydrogens (tertiary/aromatic N) is 3. The third-order valence-electron chi connectivity index (χ3n) is 4.66. The number of carbonyl (C=O) groups excluding carboxylic acids is 1. The summed E-state index contributed by atoms with van der Waals surface area (Å²) in [5.74, 6) is 0.0560. The Hall–Kier alpha value is -2.47. The lowest BCUT2D eigenvalue weighted by atomic mass is 10.1. The van der Waals surface area contributed by atoms with E-state index in [2.05, 4.69) is 18.8 Å². The molecule has 5 nitrogen and oxygen atoms in total. The predicted molar refractivity (Wildman–Crippen MR) is 105 cm³/mol. The van der Waals surface area contributed by atoms with Crippen LogP contribution in [0.1, 0.15) is 32.3 Å². The highest BCUT2D eigenvalue weighted by Gasteiger charge is 2.19. The normalized spacial score (nSPS) is 12.2. The van der Waals surface area contributed by atoms with Gasteiger partial charge >= 0.3 is 0 Å². The summed E-state index contributed by atoms with van der Waals surface area (Å²) in [6, 6.07) is 11.9. The van der Waals surface area contributed by atoms with E-state index in [-0.39, 0.29) is 23.9 Å². The molecular weight excluding hydrogens is 346 g/mol. The summed E-state index contributed by atoms with van der Waals surface area (Å²) in [5.41, 5.74) is 1.03. The smallest absolute Gasteiger partial charge is 0.262 e. The Morgan fingerprint density at radius 2 is 2.04 bits per heavy atom. The highest BCUT2D eigenvalue weighted by atomic mass is 32.1. The number of carbonyl (C=O) groups is 1. The summed E-state index contributed by atoms with van der Waals surface area (Å²) in [7, 11) is 0. The third kappa shape index (κ3) is 4.02. The number of thiophene rings is 1. The van der Waals surface area contributed by atoms with Crippen molar-refractivity contribution in [2.45, 2.75) is 45.8 Å². The fraction of sp³-hybridized carbons (Fsp3) is 0.350. The van der Waals surface area contributed by atoms with Gasteiger partial charge in [0.05, 0.1) is 11.7 Å². The molecule has 0 aliphatic carbocycles. The van der Waals surface area contributed by atoms with Gasteiger partial charge in [-0.2, -0.15) is 0 Å². The quantitative estimate of drug-likeness (QED) is 0.638. The molecule has 1 aromatic carbocycles. The van der Waals surface area contributed by atoms with E-state index in [0.717, 1.165) is 16.8 Å². The first-order valence-corrected chi connectivity index (χ1v) is 9.74. The van der Waals surface area contributed by atoms with E-state index in [0.29, 0.717) is 18.5 Å². The van der Waals surface area contributed by atoms with E-state index in [4.69, 9.17) is 0 Å². The second-order valence-corrected chi connectivity index (χ2v) is 7.29. The van der Waals surface area contributed by atoms with Gasteiger partial charge in [0, 0.05) is 25.6 Å². The van der Waals surface area contributed by atoms with Crippen molar-refractivity contribution in [2.75, 3.05) is 0 Å². The molecule has 1 amide bonds. The Morgan fingerprint density at radius 3 is 2.77 bits per heavy atom. The standard InChI is InChI=1S/C20H23N3O2S/c1-3-15(2)23(13-16-7-5-4-6-8-16)18(24)9-11-22-14-21-19-17(20(22)25)10-12-26-19/h4-8,10,12,14-15H,3,9,11,13H2,1-2H3. The molecule has 2 aromatic heterocycles. The van der Waals surface area contributed by atoms with Gasteiger partial charge in [-0.25, -0.2) is 4.98 Å². The van der Waals surface area contributed by atoms with Gasteiger partial charge in [0.15, 0.2) is 0 Å². The zero-order valence-corrected chi connectivity index (χ0v) is 15.9. The lowest BCUT2D eigenvalue weighted by molar-refractivity contribution is -0.134. The number of fused-ring (bicyclic) bond motifs is 1. The molecule has 1 atom stereocenters. The van der Waals surface area contributed by atoms with Gasteiger partial charge in [0.2, 0.25) is 5.91 Å². The molecule has 26 heavy (non-hydrogen) atoms. The minimum Gasteiger partial charge on any atom is -0.336 e. The highest BCUT2D eigenvalue weighted by Crippen LogP contribution is 2.15. The molecule has 2 heterocycles. The first kappa shape index (κ1) is 18.3. The van der Waals surface area contributed by atoms with Gasteiger partial charge in [-0.3, -0.25) is 14.2 Å². The number of hydrogen-bond donors (Lipinski definition) is 0. The second kappa shape index (κ2) is 8.27. The van der Waals surface area contributed by atoms with Gasteiger partial charge in [-0.15, -0.1) is 11.3 Å². The lowest BCUT2D eigenvalue weighted by Gasteiger charge is -2.29. The Bertz CT molecular complexity index is 933. The van der Waals surface area contributed by atoms with Crippen molar-refractivity contribution in [1.29, 1.82) is 0 Å². The van der Waals surface area contributed by atoms with E-state index in [1.54, 1.807) is 12.4 Å². The Labute approximate surface area is 156 Å². The van der Waals surface area contributed by atoms with Crippen molar-refractivity contribution >= 4 is 27.5 Å². The molecule has 3 aromatic rings. The van der Waals surface area contributed by atoms with E-state index in [9.17, 15) is 9.59 Å². The summed E-state index contributed by atoms with van der Waals surface area (Å²) < 4.78 is 1.53. The maximum atomic E-state index is 12.8. The third-order valence-corrected chi connectivity index (χ3v) is 5.48. The van der Waals surface area contributed by atoms with Crippen LogP contribution in [-0.2, 0) is 17.9 Å². The van der Waals surface area contributed by atoms with Crippen molar-refractivity contribution in [1.82, 2.24) is 14.5 Å². The zero-order valence-electron chi connectivity index (χ0n) is 15.1. The van der Waals surface area contributed by atoms with Crippen molar-refractivity contribution < 1.29 is 4.79 Å². The molecule has 0 aliphatic rings. The second-order valence-electron chi connectivity index (χ2n) is 6.40. The molecule has 0 aliphatic heterocycles. The van der Waals surface area contributed by atoms with Crippen LogP contribution in [0.2, 0.25) is 0 Å². The predicted octanol–water partition coefficient (Wildman–Crippen LogP) is 3.68. The van der Waals surface area contributed by atoms with Crippen LogP contribution in [0.3, 0.4) is 0 Å². The molecule has 0 saturated carbocycles. The van der Waals surface area contributed by atoms with Gasteiger partial charge in [-0.05, 0) is 30.4 Å². The molecule has 0 bridgehead atoms. The number of hydrogen-bond acceptors (Lipinski definition) is 4. The number of rotatable bonds is 7. The number of aryl methyl sites for hydroxylation is 1.